The van der Waals surface area contributed by atoms with E-state index < -0.39 is 10.4 Å². The van der Waals surface area contributed by atoms with Crippen molar-refractivity contribution < 1.29 is 68.5 Å². The van der Waals surface area contributed by atoms with Gasteiger partial charge in [0.1, 0.15) is 0 Å². The summed E-state index contributed by atoms with van der Waals surface area (Å²) in [5.41, 5.74) is 1.14. The summed E-state index contributed by atoms with van der Waals surface area (Å²) in [6, 6.07) is 0. The number of hydrogen-bond donors (Lipinski definition) is 0. The Morgan fingerprint density at radius 2 is 1.64 bits per heavy atom. The van der Waals surface area contributed by atoms with Gasteiger partial charge in [-0.3, -0.25) is 4.18 Å². The standard InChI is InChI=1S/C27H48O4S.K/c1-19(18-31-32(28,29)30)8-7-9-20(2)23-13-14-24-22-12-11-21-10-5-6-16-26(21,3)25(22)15-17-27(23,24)4;/h19-25H,5-18H2,1-4H3,(H,28,29,30);/q;+1/p-1/t19?,20-,21?,22+,23-,24+,25+,26+,27-;/m1./s1. The third-order valence-electron chi connectivity index (χ3n) is 11.2. The van der Waals surface area contributed by atoms with Crippen molar-refractivity contribution in [2.24, 2.45) is 52.3 Å². The molecular weight excluding hydrogens is 459 g/mol. The molecule has 0 aromatic rings. The topological polar surface area (TPSA) is 66.4 Å². The van der Waals surface area contributed by atoms with Crippen molar-refractivity contribution >= 4 is 10.4 Å². The molecule has 186 valence electrons. The van der Waals surface area contributed by atoms with Gasteiger partial charge in [0.05, 0.1) is 6.61 Å². The molecule has 0 aliphatic heterocycles. The molecule has 4 saturated carbocycles. The van der Waals surface area contributed by atoms with E-state index in [2.05, 4.69) is 25.0 Å². The minimum atomic E-state index is -4.57. The van der Waals surface area contributed by atoms with Crippen LogP contribution in [0.3, 0.4) is 0 Å². The molecule has 0 saturated heterocycles. The second kappa shape index (κ2) is 11.5. The van der Waals surface area contributed by atoms with E-state index in [1.54, 1.807) is 0 Å². The average Bonchev–Trinajstić information content (AvgIpc) is 3.08. The summed E-state index contributed by atoms with van der Waals surface area (Å²) in [4.78, 5) is 0. The van der Waals surface area contributed by atoms with E-state index in [9.17, 15) is 13.0 Å². The zero-order valence-electron chi connectivity index (χ0n) is 22.0. The van der Waals surface area contributed by atoms with E-state index in [1.807, 2.05) is 6.92 Å². The van der Waals surface area contributed by atoms with Gasteiger partial charge in [-0.2, -0.15) is 0 Å². The van der Waals surface area contributed by atoms with Gasteiger partial charge in [-0.1, -0.05) is 53.4 Å². The first-order valence-corrected chi connectivity index (χ1v) is 15.0. The third-order valence-corrected chi connectivity index (χ3v) is 11.6. The van der Waals surface area contributed by atoms with Crippen LogP contribution in [0.2, 0.25) is 0 Å². The molecule has 9 atom stereocenters. The van der Waals surface area contributed by atoms with Crippen LogP contribution in [-0.2, 0) is 14.6 Å². The molecule has 0 aromatic carbocycles. The van der Waals surface area contributed by atoms with E-state index in [0.717, 1.165) is 48.3 Å². The van der Waals surface area contributed by atoms with E-state index in [4.69, 9.17) is 0 Å². The van der Waals surface area contributed by atoms with Crippen LogP contribution in [0.5, 0.6) is 0 Å². The maximum atomic E-state index is 10.7. The van der Waals surface area contributed by atoms with Crippen molar-refractivity contribution in [3.63, 3.8) is 0 Å². The Morgan fingerprint density at radius 3 is 2.36 bits per heavy atom. The Bertz CT molecular complexity index is 757. The monoisotopic (exact) mass is 506 g/mol. The maximum absolute atomic E-state index is 10.7. The van der Waals surface area contributed by atoms with Gasteiger partial charge in [-0.15, -0.1) is 0 Å². The molecule has 6 heteroatoms. The predicted octanol–water partition coefficient (Wildman–Crippen LogP) is 3.96. The maximum Gasteiger partial charge on any atom is 1.00 e. The smallest absolute Gasteiger partial charge is 0.726 e. The van der Waals surface area contributed by atoms with Crippen LogP contribution in [-0.4, -0.2) is 19.6 Å². The number of fused-ring (bicyclic) bond motifs is 5. The minimum absolute atomic E-state index is 0. The molecule has 0 aromatic heterocycles. The molecule has 4 fully saturated rings. The SMILES string of the molecule is CC(CCC[C@@H](C)[C@H]1CC[C@H]2[C@@H]3CCC4CCCC[C@]4(C)[C@H]3CC[C@]12C)COS(=O)(=O)[O-].[K+]. The molecule has 0 heterocycles. The molecule has 0 N–H and O–H groups in total. The van der Waals surface area contributed by atoms with Crippen LogP contribution in [0.1, 0.15) is 111 Å². The van der Waals surface area contributed by atoms with Crippen LogP contribution in [0, 0.1) is 52.3 Å². The Balaban J connectivity index is 0.00000306. The second-order valence-corrected chi connectivity index (χ2v) is 13.9. The van der Waals surface area contributed by atoms with Crippen LogP contribution < -0.4 is 51.4 Å². The molecule has 33 heavy (non-hydrogen) atoms. The van der Waals surface area contributed by atoms with E-state index in [1.165, 1.54) is 70.6 Å². The minimum Gasteiger partial charge on any atom is -0.726 e. The first-order valence-electron chi connectivity index (χ1n) is 13.6. The Kier molecular flexibility index (Phi) is 10.1. The van der Waals surface area contributed by atoms with Crippen LogP contribution in [0.25, 0.3) is 0 Å². The van der Waals surface area contributed by atoms with Crippen molar-refractivity contribution in [1.82, 2.24) is 0 Å². The van der Waals surface area contributed by atoms with Gasteiger partial charge in [0.25, 0.3) is 0 Å². The summed E-state index contributed by atoms with van der Waals surface area (Å²) in [6.45, 7) is 9.78. The van der Waals surface area contributed by atoms with Gasteiger partial charge >= 0.3 is 51.4 Å². The van der Waals surface area contributed by atoms with Gasteiger partial charge in [-0.25, -0.2) is 8.42 Å². The van der Waals surface area contributed by atoms with Crippen molar-refractivity contribution in [3.05, 3.63) is 0 Å². The molecule has 2 unspecified atom stereocenters. The van der Waals surface area contributed by atoms with Gasteiger partial charge < -0.3 is 4.55 Å². The largest absolute Gasteiger partial charge is 1.00 e. The summed E-state index contributed by atoms with van der Waals surface area (Å²) in [5, 5.41) is 0. The molecule has 4 aliphatic carbocycles. The molecule has 0 amide bonds. The fourth-order valence-corrected chi connectivity index (χ4v) is 9.94. The summed E-state index contributed by atoms with van der Waals surface area (Å²) in [7, 11) is -4.57. The normalized spacial score (nSPS) is 42.4. The second-order valence-electron chi connectivity index (χ2n) is 12.8. The molecule has 0 bridgehead atoms. The summed E-state index contributed by atoms with van der Waals surface area (Å²) in [6.07, 6.45) is 17.8. The van der Waals surface area contributed by atoms with Gasteiger partial charge in [0.15, 0.2) is 0 Å². The van der Waals surface area contributed by atoms with Crippen molar-refractivity contribution in [2.75, 3.05) is 6.61 Å². The number of rotatable bonds is 8. The zero-order chi connectivity index (χ0) is 23.1. The fraction of sp³-hybridized carbons (Fsp3) is 1.00. The first kappa shape index (κ1) is 29.1. The summed E-state index contributed by atoms with van der Waals surface area (Å²) < 4.78 is 36.5. The molecule has 4 nitrogen and oxygen atoms in total. The first-order chi connectivity index (χ1) is 15.0. The number of hydrogen-bond acceptors (Lipinski definition) is 4. The molecule has 0 spiro atoms. The van der Waals surface area contributed by atoms with Crippen LogP contribution in [0.4, 0.5) is 0 Å². The van der Waals surface area contributed by atoms with E-state index >= 15 is 0 Å². The van der Waals surface area contributed by atoms with Crippen LogP contribution in [0.15, 0.2) is 0 Å². The predicted molar refractivity (Wildman–Crippen MR) is 128 cm³/mol. The molecule has 4 rings (SSSR count). The van der Waals surface area contributed by atoms with E-state index in [0.29, 0.717) is 10.8 Å². The summed E-state index contributed by atoms with van der Waals surface area (Å²) >= 11 is 0. The van der Waals surface area contributed by atoms with Crippen molar-refractivity contribution in [2.45, 2.75) is 111 Å². The van der Waals surface area contributed by atoms with Gasteiger partial charge in [-0.05, 0) is 110 Å². The van der Waals surface area contributed by atoms with E-state index in [-0.39, 0.29) is 63.9 Å². The fourth-order valence-electron chi connectivity index (χ4n) is 9.54. The Hall–Kier alpha value is 1.51. The van der Waals surface area contributed by atoms with Gasteiger partial charge in [0, 0.05) is 0 Å². The van der Waals surface area contributed by atoms with Crippen LogP contribution >= 0.6 is 0 Å². The summed E-state index contributed by atoms with van der Waals surface area (Å²) in [5.74, 6) is 5.55. The molecule has 4 aliphatic rings. The Morgan fingerprint density at radius 1 is 0.909 bits per heavy atom. The quantitative estimate of drug-likeness (QED) is 0.284. The van der Waals surface area contributed by atoms with Crippen molar-refractivity contribution in [1.29, 1.82) is 0 Å². The molecule has 0 radical (unpaired) electrons. The third kappa shape index (κ3) is 6.16. The Labute approximate surface area is 246 Å². The average molecular weight is 507 g/mol. The zero-order valence-corrected chi connectivity index (χ0v) is 25.9. The molecular formula is C27H47KO4S. The van der Waals surface area contributed by atoms with Crippen molar-refractivity contribution in [3.8, 4) is 0 Å². The van der Waals surface area contributed by atoms with Gasteiger partial charge in [0.2, 0.25) is 10.4 Å².